The van der Waals surface area contributed by atoms with Gasteiger partial charge < -0.3 is 10.2 Å². The summed E-state index contributed by atoms with van der Waals surface area (Å²) < 4.78 is 26.5. The molecule has 7 heteroatoms. The molecule has 1 amide bonds. The first-order valence-corrected chi connectivity index (χ1v) is 10.8. The number of piperidine rings is 1. The van der Waals surface area contributed by atoms with Gasteiger partial charge in [0.15, 0.2) is 0 Å². The van der Waals surface area contributed by atoms with E-state index in [4.69, 9.17) is 0 Å². The van der Waals surface area contributed by atoms with Gasteiger partial charge in [-0.1, -0.05) is 30.3 Å². The summed E-state index contributed by atoms with van der Waals surface area (Å²) in [6.07, 6.45) is 3.70. The van der Waals surface area contributed by atoms with Gasteiger partial charge in [0, 0.05) is 24.5 Å². The van der Waals surface area contributed by atoms with Crippen LogP contribution < -0.4 is 14.9 Å². The van der Waals surface area contributed by atoms with Crippen LogP contribution >= 0.6 is 0 Å². The zero-order chi connectivity index (χ0) is 19.1. The van der Waals surface area contributed by atoms with E-state index in [2.05, 4.69) is 14.9 Å². The van der Waals surface area contributed by atoms with E-state index in [1.807, 2.05) is 30.3 Å². The molecule has 0 aliphatic carbocycles. The molecule has 0 spiro atoms. The molecule has 0 bridgehead atoms. The summed E-state index contributed by atoms with van der Waals surface area (Å²) in [5.41, 5.74) is 2.48. The van der Waals surface area contributed by atoms with Crippen LogP contribution in [0.2, 0.25) is 0 Å². The van der Waals surface area contributed by atoms with Crippen LogP contribution in [0.25, 0.3) is 0 Å². The highest BCUT2D eigenvalue weighted by Crippen LogP contribution is 2.21. The molecule has 0 radical (unpaired) electrons. The number of hydrogen-bond donors (Lipinski definition) is 2. The maximum absolute atomic E-state index is 12.1. The molecule has 0 aromatic heterocycles. The number of carbonyl (C=O) groups is 1. The molecule has 0 saturated carbocycles. The first-order valence-electron chi connectivity index (χ1n) is 9.18. The summed E-state index contributed by atoms with van der Waals surface area (Å²) in [7, 11) is -3.56. The number of anilines is 2. The fraction of sp³-hybridized carbons (Fsp3) is 0.350. The van der Waals surface area contributed by atoms with Crippen molar-refractivity contribution in [3.63, 3.8) is 0 Å². The second kappa shape index (κ2) is 9.01. The number of hydrogen-bond acceptors (Lipinski definition) is 4. The lowest BCUT2D eigenvalue weighted by atomic mass is 10.1. The molecule has 1 saturated heterocycles. The number of nitrogens with one attached hydrogen (secondary N) is 2. The Balaban J connectivity index is 1.48. The SMILES string of the molecule is O=C(CNS(=O)(=O)Cc1ccccc1)Nc1ccc(N2CCCCC2)cc1. The zero-order valence-corrected chi connectivity index (χ0v) is 16.0. The van der Waals surface area contributed by atoms with Crippen molar-refractivity contribution in [2.24, 2.45) is 0 Å². The summed E-state index contributed by atoms with van der Waals surface area (Å²) in [4.78, 5) is 14.4. The molecule has 1 aliphatic rings. The number of nitrogens with zero attached hydrogens (tertiary/aromatic N) is 1. The maximum atomic E-state index is 12.1. The van der Waals surface area contributed by atoms with Gasteiger partial charge in [-0.25, -0.2) is 13.1 Å². The summed E-state index contributed by atoms with van der Waals surface area (Å²) in [5.74, 6) is -0.539. The molecule has 0 unspecified atom stereocenters. The molecule has 3 rings (SSSR count). The van der Waals surface area contributed by atoms with Gasteiger partial charge in [0.05, 0.1) is 12.3 Å². The lowest BCUT2D eigenvalue weighted by Gasteiger charge is -2.28. The van der Waals surface area contributed by atoms with Crippen molar-refractivity contribution in [1.29, 1.82) is 0 Å². The van der Waals surface area contributed by atoms with E-state index >= 15 is 0 Å². The highest BCUT2D eigenvalue weighted by Gasteiger charge is 2.14. The second-order valence-electron chi connectivity index (χ2n) is 6.71. The third kappa shape index (κ3) is 6.08. The van der Waals surface area contributed by atoms with Crippen LogP contribution in [0, 0.1) is 0 Å². The minimum atomic E-state index is -3.56. The van der Waals surface area contributed by atoms with Crippen molar-refractivity contribution >= 4 is 27.3 Å². The van der Waals surface area contributed by atoms with Gasteiger partial charge in [0.2, 0.25) is 15.9 Å². The summed E-state index contributed by atoms with van der Waals surface area (Å²) in [5, 5.41) is 2.72. The van der Waals surface area contributed by atoms with Crippen LogP contribution in [0.3, 0.4) is 0 Å². The number of rotatable bonds is 7. The predicted octanol–water partition coefficient (Wildman–Crippen LogP) is 2.74. The fourth-order valence-electron chi connectivity index (χ4n) is 3.13. The summed E-state index contributed by atoms with van der Waals surface area (Å²) in [6, 6.07) is 16.5. The average Bonchev–Trinajstić information content (AvgIpc) is 2.68. The third-order valence-electron chi connectivity index (χ3n) is 4.52. The van der Waals surface area contributed by atoms with Crippen molar-refractivity contribution in [2.45, 2.75) is 25.0 Å². The Morgan fingerprint density at radius 3 is 2.26 bits per heavy atom. The molecule has 0 atom stereocenters. The standard InChI is InChI=1S/C20H25N3O3S/c24-20(15-21-27(25,26)16-17-7-3-1-4-8-17)22-18-9-11-19(12-10-18)23-13-5-2-6-14-23/h1,3-4,7-12,21H,2,5-6,13-16H2,(H,22,24). The van der Waals surface area contributed by atoms with Crippen molar-refractivity contribution < 1.29 is 13.2 Å². The van der Waals surface area contributed by atoms with Gasteiger partial charge in [0.1, 0.15) is 0 Å². The van der Waals surface area contributed by atoms with E-state index in [9.17, 15) is 13.2 Å². The molecule has 1 heterocycles. The fourth-order valence-corrected chi connectivity index (χ4v) is 4.22. The van der Waals surface area contributed by atoms with Crippen LogP contribution in [0.1, 0.15) is 24.8 Å². The van der Waals surface area contributed by atoms with E-state index in [0.29, 0.717) is 11.3 Å². The van der Waals surface area contributed by atoms with E-state index in [-0.39, 0.29) is 12.3 Å². The molecule has 1 aliphatic heterocycles. The Labute approximate surface area is 160 Å². The smallest absolute Gasteiger partial charge is 0.239 e. The van der Waals surface area contributed by atoms with Gasteiger partial charge in [0.25, 0.3) is 0 Å². The Hall–Kier alpha value is -2.38. The largest absolute Gasteiger partial charge is 0.372 e. The topological polar surface area (TPSA) is 78.5 Å². The van der Waals surface area contributed by atoms with Crippen LogP contribution in [0.5, 0.6) is 0 Å². The van der Waals surface area contributed by atoms with Gasteiger partial charge in [-0.15, -0.1) is 0 Å². The quantitative estimate of drug-likeness (QED) is 0.766. The van der Waals surface area contributed by atoms with Gasteiger partial charge >= 0.3 is 0 Å². The Morgan fingerprint density at radius 1 is 0.926 bits per heavy atom. The Bertz CT molecular complexity index is 846. The molecule has 6 nitrogen and oxygen atoms in total. The third-order valence-corrected chi connectivity index (χ3v) is 5.82. The van der Waals surface area contributed by atoms with Crippen LogP contribution in [0.15, 0.2) is 54.6 Å². The highest BCUT2D eigenvalue weighted by molar-refractivity contribution is 7.88. The monoisotopic (exact) mass is 387 g/mol. The highest BCUT2D eigenvalue weighted by atomic mass is 32.2. The van der Waals surface area contributed by atoms with Crippen LogP contribution in [0.4, 0.5) is 11.4 Å². The van der Waals surface area contributed by atoms with E-state index in [1.165, 1.54) is 19.3 Å². The first kappa shape index (κ1) is 19.4. The van der Waals surface area contributed by atoms with E-state index in [0.717, 1.165) is 18.8 Å². The zero-order valence-electron chi connectivity index (χ0n) is 15.2. The van der Waals surface area contributed by atoms with Gasteiger partial charge in [-0.3, -0.25) is 4.79 Å². The minimum Gasteiger partial charge on any atom is -0.372 e. The summed E-state index contributed by atoms with van der Waals surface area (Å²) >= 11 is 0. The molecular weight excluding hydrogens is 362 g/mol. The number of amides is 1. The second-order valence-corrected chi connectivity index (χ2v) is 8.52. The molecule has 144 valence electrons. The number of sulfonamides is 1. The Morgan fingerprint density at radius 2 is 1.59 bits per heavy atom. The molecule has 2 N–H and O–H groups in total. The number of carbonyl (C=O) groups excluding carboxylic acids is 1. The lowest BCUT2D eigenvalue weighted by Crippen LogP contribution is -2.33. The predicted molar refractivity (Wildman–Crippen MR) is 108 cm³/mol. The lowest BCUT2D eigenvalue weighted by molar-refractivity contribution is -0.115. The van der Waals surface area contributed by atoms with Crippen molar-refractivity contribution in [3.05, 3.63) is 60.2 Å². The Kier molecular flexibility index (Phi) is 6.47. The molecular formula is C20H25N3O3S. The van der Waals surface area contributed by atoms with Gasteiger partial charge in [-0.2, -0.15) is 0 Å². The number of benzene rings is 2. The molecule has 2 aromatic rings. The summed E-state index contributed by atoms with van der Waals surface area (Å²) in [6.45, 7) is 1.84. The normalized spacial score (nSPS) is 14.7. The van der Waals surface area contributed by atoms with E-state index in [1.54, 1.807) is 24.3 Å². The molecule has 2 aromatic carbocycles. The average molecular weight is 388 g/mol. The van der Waals surface area contributed by atoms with Crippen LogP contribution in [-0.2, 0) is 20.6 Å². The van der Waals surface area contributed by atoms with Gasteiger partial charge in [-0.05, 0) is 49.1 Å². The minimum absolute atomic E-state index is 0.147. The van der Waals surface area contributed by atoms with Crippen LogP contribution in [-0.4, -0.2) is 34.0 Å². The molecule has 27 heavy (non-hydrogen) atoms. The van der Waals surface area contributed by atoms with Crippen molar-refractivity contribution in [2.75, 3.05) is 29.9 Å². The van der Waals surface area contributed by atoms with E-state index < -0.39 is 15.9 Å². The van der Waals surface area contributed by atoms with Crippen molar-refractivity contribution in [1.82, 2.24) is 4.72 Å². The molecule has 1 fully saturated rings. The maximum Gasteiger partial charge on any atom is 0.239 e. The van der Waals surface area contributed by atoms with Crippen molar-refractivity contribution in [3.8, 4) is 0 Å². The first-order chi connectivity index (χ1) is 13.0.